The maximum absolute atomic E-state index is 3.95. The Morgan fingerprint density at radius 3 is 2.77 bits per heavy atom. The Labute approximate surface area is 83.4 Å². The third-order valence-corrected chi connectivity index (χ3v) is 2.75. The average Bonchev–Trinajstić information content (AvgIpc) is 2.19. The molecule has 1 aromatic heterocycles. The average molecular weight is 197 g/mol. The normalized spacial score (nSPS) is 12.8. The van der Waals surface area contributed by atoms with E-state index in [1.807, 2.05) is 24.2 Å². The van der Waals surface area contributed by atoms with E-state index in [9.17, 15) is 0 Å². The topological polar surface area (TPSA) is 37.8 Å². The van der Waals surface area contributed by atoms with E-state index in [1.165, 1.54) is 0 Å². The summed E-state index contributed by atoms with van der Waals surface area (Å²) < 4.78 is 0. The van der Waals surface area contributed by atoms with Gasteiger partial charge in [0.25, 0.3) is 0 Å². The molecule has 3 nitrogen and oxygen atoms in total. The predicted octanol–water partition coefficient (Wildman–Crippen LogP) is 1.32. The number of hydrogen-bond donors (Lipinski definition) is 1. The Bertz CT molecular complexity index is 228. The van der Waals surface area contributed by atoms with Crippen LogP contribution in [0.15, 0.2) is 18.7 Å². The molecule has 0 aromatic carbocycles. The van der Waals surface area contributed by atoms with Crippen molar-refractivity contribution in [2.45, 2.75) is 18.7 Å². The molecule has 1 aromatic rings. The van der Waals surface area contributed by atoms with Crippen LogP contribution in [0.5, 0.6) is 0 Å². The second kappa shape index (κ2) is 5.94. The van der Waals surface area contributed by atoms with Crippen molar-refractivity contribution < 1.29 is 0 Å². The second-order valence-corrected chi connectivity index (χ2v) is 4.20. The predicted molar refractivity (Wildman–Crippen MR) is 56.7 cm³/mol. The lowest BCUT2D eigenvalue weighted by Crippen LogP contribution is -2.22. The molecule has 0 bridgehead atoms. The van der Waals surface area contributed by atoms with Gasteiger partial charge in [0.1, 0.15) is 6.33 Å². The molecule has 0 spiro atoms. The quantitative estimate of drug-likeness (QED) is 0.772. The van der Waals surface area contributed by atoms with Crippen LogP contribution >= 0.6 is 11.8 Å². The minimum Gasteiger partial charge on any atom is -0.311 e. The Hall–Kier alpha value is -0.610. The monoisotopic (exact) mass is 197 g/mol. The third-order valence-electron chi connectivity index (χ3n) is 1.78. The van der Waals surface area contributed by atoms with Gasteiger partial charge in [0, 0.05) is 36.3 Å². The molecule has 1 rings (SSSR count). The van der Waals surface area contributed by atoms with Crippen molar-refractivity contribution in [1.29, 1.82) is 0 Å². The fourth-order valence-electron chi connectivity index (χ4n) is 0.924. The number of rotatable bonds is 5. The van der Waals surface area contributed by atoms with E-state index in [0.29, 0.717) is 5.25 Å². The Morgan fingerprint density at radius 2 is 2.15 bits per heavy atom. The first-order valence-electron chi connectivity index (χ1n) is 4.30. The second-order valence-electron chi connectivity index (χ2n) is 2.92. The van der Waals surface area contributed by atoms with E-state index in [4.69, 9.17) is 0 Å². The number of nitrogens with zero attached hydrogens (tertiary/aromatic N) is 2. The molecule has 4 heteroatoms. The molecule has 0 aliphatic rings. The van der Waals surface area contributed by atoms with Gasteiger partial charge < -0.3 is 5.32 Å². The van der Waals surface area contributed by atoms with Crippen LogP contribution in [0, 0.1) is 0 Å². The van der Waals surface area contributed by atoms with Gasteiger partial charge in [-0.15, -0.1) is 0 Å². The molecular formula is C9H15N3S. The maximum atomic E-state index is 3.95. The fraction of sp³-hybridized carbons (Fsp3) is 0.556. The Morgan fingerprint density at radius 1 is 1.46 bits per heavy atom. The van der Waals surface area contributed by atoms with Gasteiger partial charge in [-0.3, -0.25) is 0 Å². The van der Waals surface area contributed by atoms with Gasteiger partial charge in [-0.05, 0) is 6.26 Å². The van der Waals surface area contributed by atoms with Crippen LogP contribution in [0.2, 0.25) is 0 Å². The minimum absolute atomic E-state index is 0.657. The van der Waals surface area contributed by atoms with Crippen LogP contribution in [0.25, 0.3) is 0 Å². The van der Waals surface area contributed by atoms with E-state index in [2.05, 4.69) is 28.5 Å². The van der Waals surface area contributed by atoms with Crippen LogP contribution in [-0.2, 0) is 6.54 Å². The molecular weight excluding hydrogens is 182 g/mol. The van der Waals surface area contributed by atoms with Crippen LogP contribution < -0.4 is 5.32 Å². The van der Waals surface area contributed by atoms with E-state index in [0.717, 1.165) is 18.7 Å². The van der Waals surface area contributed by atoms with Crippen molar-refractivity contribution in [2.24, 2.45) is 0 Å². The van der Waals surface area contributed by atoms with Crippen molar-refractivity contribution in [2.75, 3.05) is 12.8 Å². The molecule has 0 saturated carbocycles. The summed E-state index contributed by atoms with van der Waals surface area (Å²) in [6.45, 7) is 4.08. The molecule has 1 heterocycles. The summed E-state index contributed by atoms with van der Waals surface area (Å²) in [5.41, 5.74) is 1.14. The van der Waals surface area contributed by atoms with Crippen LogP contribution in [0.4, 0.5) is 0 Å². The summed E-state index contributed by atoms with van der Waals surface area (Å²) in [5, 5.41) is 4.01. The molecule has 72 valence electrons. The minimum atomic E-state index is 0.657. The first-order valence-corrected chi connectivity index (χ1v) is 5.59. The van der Waals surface area contributed by atoms with Gasteiger partial charge in [-0.25, -0.2) is 9.97 Å². The van der Waals surface area contributed by atoms with Gasteiger partial charge in [-0.1, -0.05) is 6.92 Å². The zero-order chi connectivity index (χ0) is 9.52. The number of aromatic nitrogens is 2. The molecule has 13 heavy (non-hydrogen) atoms. The molecule has 0 amide bonds. The SMILES string of the molecule is CSC(C)CNCc1cncnc1. The van der Waals surface area contributed by atoms with Gasteiger partial charge in [0.2, 0.25) is 0 Å². The maximum Gasteiger partial charge on any atom is 0.115 e. The summed E-state index contributed by atoms with van der Waals surface area (Å²) in [6.07, 6.45) is 7.35. The molecule has 1 N–H and O–H groups in total. The number of hydrogen-bond acceptors (Lipinski definition) is 4. The molecule has 0 aliphatic carbocycles. The van der Waals surface area contributed by atoms with Crippen molar-refractivity contribution in [1.82, 2.24) is 15.3 Å². The molecule has 1 unspecified atom stereocenters. The summed E-state index contributed by atoms with van der Waals surface area (Å²) >= 11 is 1.87. The zero-order valence-corrected chi connectivity index (χ0v) is 8.84. The molecule has 0 fully saturated rings. The summed E-state index contributed by atoms with van der Waals surface area (Å²) in [4.78, 5) is 7.89. The van der Waals surface area contributed by atoms with Gasteiger partial charge >= 0.3 is 0 Å². The smallest absolute Gasteiger partial charge is 0.115 e. The molecule has 0 radical (unpaired) electrons. The van der Waals surface area contributed by atoms with Crippen LogP contribution in [-0.4, -0.2) is 28.0 Å². The Kier molecular flexibility index (Phi) is 4.78. The third kappa shape index (κ3) is 4.24. The highest BCUT2D eigenvalue weighted by Crippen LogP contribution is 2.02. The van der Waals surface area contributed by atoms with Gasteiger partial charge in [0.05, 0.1) is 0 Å². The largest absolute Gasteiger partial charge is 0.311 e. The van der Waals surface area contributed by atoms with Crippen molar-refractivity contribution in [3.05, 3.63) is 24.3 Å². The van der Waals surface area contributed by atoms with E-state index < -0.39 is 0 Å². The van der Waals surface area contributed by atoms with Crippen molar-refractivity contribution in [3.8, 4) is 0 Å². The highest BCUT2D eigenvalue weighted by molar-refractivity contribution is 7.99. The number of nitrogens with one attached hydrogen (secondary N) is 1. The highest BCUT2D eigenvalue weighted by Gasteiger charge is 1.98. The van der Waals surface area contributed by atoms with Gasteiger partial charge in [-0.2, -0.15) is 11.8 Å². The van der Waals surface area contributed by atoms with E-state index in [-0.39, 0.29) is 0 Å². The van der Waals surface area contributed by atoms with E-state index in [1.54, 1.807) is 6.33 Å². The van der Waals surface area contributed by atoms with Crippen molar-refractivity contribution in [3.63, 3.8) is 0 Å². The summed E-state index contributed by atoms with van der Waals surface area (Å²) in [5.74, 6) is 0. The first-order chi connectivity index (χ1) is 6.33. The standard InChI is InChI=1S/C9H15N3S/c1-8(13-2)3-10-4-9-5-11-7-12-6-9/h5-8,10H,3-4H2,1-2H3. The summed E-state index contributed by atoms with van der Waals surface area (Å²) in [7, 11) is 0. The zero-order valence-electron chi connectivity index (χ0n) is 8.03. The molecule has 0 aliphatic heterocycles. The van der Waals surface area contributed by atoms with Crippen molar-refractivity contribution >= 4 is 11.8 Å². The van der Waals surface area contributed by atoms with Gasteiger partial charge in [0.15, 0.2) is 0 Å². The lowest BCUT2D eigenvalue weighted by Gasteiger charge is -2.08. The van der Waals surface area contributed by atoms with Crippen LogP contribution in [0.1, 0.15) is 12.5 Å². The number of thioether (sulfide) groups is 1. The molecule has 0 saturated heterocycles. The van der Waals surface area contributed by atoms with E-state index >= 15 is 0 Å². The lowest BCUT2D eigenvalue weighted by atomic mass is 10.3. The van der Waals surface area contributed by atoms with Crippen LogP contribution in [0.3, 0.4) is 0 Å². The Balaban J connectivity index is 2.20. The summed E-state index contributed by atoms with van der Waals surface area (Å²) in [6, 6.07) is 0. The molecule has 1 atom stereocenters. The lowest BCUT2D eigenvalue weighted by molar-refractivity contribution is 0.680. The fourth-order valence-corrected chi connectivity index (χ4v) is 1.21. The first kappa shape index (κ1) is 10.5. The highest BCUT2D eigenvalue weighted by atomic mass is 32.2.